The highest BCUT2D eigenvalue weighted by molar-refractivity contribution is 7.92. The van der Waals surface area contributed by atoms with E-state index < -0.39 is 28.1 Å². The van der Waals surface area contributed by atoms with Gasteiger partial charge >= 0.3 is 11.9 Å². The van der Waals surface area contributed by atoms with Crippen molar-refractivity contribution in [2.75, 3.05) is 25.1 Å². The number of anilines is 1. The summed E-state index contributed by atoms with van der Waals surface area (Å²) in [5.74, 6) is -1.17. The third-order valence-corrected chi connectivity index (χ3v) is 6.30. The summed E-state index contributed by atoms with van der Waals surface area (Å²) in [5, 5.41) is 0. The molecule has 31 heavy (non-hydrogen) atoms. The highest BCUT2D eigenvalue weighted by Gasteiger charge is 2.29. The lowest BCUT2D eigenvalue weighted by atomic mass is 10.1. The van der Waals surface area contributed by atoms with E-state index in [1.165, 1.54) is 38.4 Å². The molecule has 0 fully saturated rings. The van der Waals surface area contributed by atoms with Gasteiger partial charge < -0.3 is 14.2 Å². The molecule has 168 valence electrons. The van der Waals surface area contributed by atoms with Crippen molar-refractivity contribution >= 4 is 27.6 Å². The highest BCUT2D eigenvalue weighted by atomic mass is 32.2. The molecule has 0 radical (unpaired) electrons. The Labute approximate surface area is 182 Å². The van der Waals surface area contributed by atoms with Crippen LogP contribution in [0.1, 0.15) is 31.1 Å². The number of nitrogens with zero attached hydrogens (tertiary/aromatic N) is 1. The van der Waals surface area contributed by atoms with Crippen LogP contribution in [-0.4, -0.2) is 47.2 Å². The van der Waals surface area contributed by atoms with Gasteiger partial charge in [-0.1, -0.05) is 19.9 Å². The minimum absolute atomic E-state index is 0.0131. The summed E-state index contributed by atoms with van der Waals surface area (Å²) in [5.41, 5.74) is 0.440. The van der Waals surface area contributed by atoms with Crippen molar-refractivity contribution < 1.29 is 32.2 Å². The van der Waals surface area contributed by atoms with Gasteiger partial charge in [-0.3, -0.25) is 4.31 Å². The van der Waals surface area contributed by atoms with Crippen LogP contribution in [0.15, 0.2) is 53.4 Å². The summed E-state index contributed by atoms with van der Waals surface area (Å²) in [6, 6.07) is 12.0. The lowest BCUT2D eigenvalue weighted by Gasteiger charge is -2.21. The summed E-state index contributed by atoms with van der Waals surface area (Å²) < 4.78 is 42.6. The topological polar surface area (TPSA) is 99.2 Å². The van der Waals surface area contributed by atoms with E-state index in [0.29, 0.717) is 11.4 Å². The van der Waals surface area contributed by atoms with Crippen LogP contribution in [0.3, 0.4) is 0 Å². The molecule has 0 aliphatic rings. The molecule has 0 aromatic heterocycles. The maximum absolute atomic E-state index is 13.1. The molecule has 0 heterocycles. The fraction of sp³-hybridized carbons (Fsp3) is 0.364. The summed E-state index contributed by atoms with van der Waals surface area (Å²) in [6.07, 6.45) is -1.09. The number of rotatable bonds is 9. The van der Waals surface area contributed by atoms with Gasteiger partial charge in [0.05, 0.1) is 29.9 Å². The monoisotopic (exact) mass is 449 g/mol. The second-order valence-corrected chi connectivity index (χ2v) is 8.99. The minimum Gasteiger partial charge on any atom is -0.497 e. The number of hydrogen-bond donors (Lipinski definition) is 0. The van der Waals surface area contributed by atoms with Gasteiger partial charge in [0.15, 0.2) is 0 Å². The zero-order chi connectivity index (χ0) is 23.2. The first-order valence-electron chi connectivity index (χ1n) is 9.72. The number of sulfonamides is 1. The average Bonchev–Trinajstić information content (AvgIpc) is 2.76. The van der Waals surface area contributed by atoms with Crippen LogP contribution >= 0.6 is 0 Å². The summed E-state index contributed by atoms with van der Waals surface area (Å²) in [7, 11) is -1.01. The Morgan fingerprint density at radius 3 is 2.26 bits per heavy atom. The van der Waals surface area contributed by atoms with Gasteiger partial charge in [-0.05, 0) is 49.4 Å². The molecule has 0 saturated carbocycles. The third kappa shape index (κ3) is 5.75. The Hall–Kier alpha value is -3.07. The molecule has 9 heteroatoms. The molecule has 0 saturated heterocycles. The Kier molecular flexibility index (Phi) is 8.04. The van der Waals surface area contributed by atoms with Crippen LogP contribution in [-0.2, 0) is 24.3 Å². The smallest absolute Gasteiger partial charge is 0.347 e. The number of esters is 2. The van der Waals surface area contributed by atoms with E-state index in [-0.39, 0.29) is 23.0 Å². The van der Waals surface area contributed by atoms with Gasteiger partial charge in [0.1, 0.15) is 5.75 Å². The van der Waals surface area contributed by atoms with Crippen LogP contribution in [0, 0.1) is 5.92 Å². The fourth-order valence-electron chi connectivity index (χ4n) is 2.74. The fourth-order valence-corrected chi connectivity index (χ4v) is 3.98. The molecule has 0 amide bonds. The normalized spacial score (nSPS) is 12.2. The van der Waals surface area contributed by atoms with E-state index in [1.807, 2.05) is 0 Å². The largest absolute Gasteiger partial charge is 0.497 e. The SMILES string of the molecule is CCOC(=O)C(OC(=O)c1cccc(S(=O)(=O)N(C)c2ccc(OC)cc2)c1)C(C)C. The lowest BCUT2D eigenvalue weighted by Crippen LogP contribution is -2.34. The van der Waals surface area contributed by atoms with E-state index in [2.05, 4.69) is 0 Å². The molecule has 1 unspecified atom stereocenters. The van der Waals surface area contributed by atoms with E-state index in [1.54, 1.807) is 45.0 Å². The molecule has 8 nitrogen and oxygen atoms in total. The van der Waals surface area contributed by atoms with Crippen molar-refractivity contribution in [2.24, 2.45) is 5.92 Å². The predicted octanol–water partition coefficient (Wildman–Crippen LogP) is 3.26. The van der Waals surface area contributed by atoms with Crippen molar-refractivity contribution in [3.8, 4) is 5.75 Å². The van der Waals surface area contributed by atoms with E-state index in [4.69, 9.17) is 14.2 Å². The number of ether oxygens (including phenoxy) is 3. The van der Waals surface area contributed by atoms with Crippen LogP contribution in [0.5, 0.6) is 5.75 Å². The maximum Gasteiger partial charge on any atom is 0.347 e. The number of benzene rings is 2. The lowest BCUT2D eigenvalue weighted by molar-refractivity contribution is -0.155. The van der Waals surface area contributed by atoms with Crippen molar-refractivity contribution in [3.05, 3.63) is 54.1 Å². The molecule has 1 atom stereocenters. The molecule has 0 aliphatic heterocycles. The van der Waals surface area contributed by atoms with Gasteiger partial charge in [-0.15, -0.1) is 0 Å². The molecule has 0 spiro atoms. The molecule has 2 rings (SSSR count). The second-order valence-electron chi connectivity index (χ2n) is 7.02. The van der Waals surface area contributed by atoms with Crippen LogP contribution in [0.2, 0.25) is 0 Å². The summed E-state index contributed by atoms with van der Waals surface area (Å²) in [6.45, 7) is 5.26. The van der Waals surface area contributed by atoms with Gasteiger partial charge in [0.2, 0.25) is 6.10 Å². The first-order chi connectivity index (χ1) is 14.6. The van der Waals surface area contributed by atoms with Gasteiger partial charge in [0.25, 0.3) is 10.0 Å². The Morgan fingerprint density at radius 2 is 1.71 bits per heavy atom. The van der Waals surface area contributed by atoms with Crippen molar-refractivity contribution in [2.45, 2.75) is 31.8 Å². The summed E-state index contributed by atoms with van der Waals surface area (Å²) >= 11 is 0. The van der Waals surface area contributed by atoms with Gasteiger partial charge in [0, 0.05) is 13.0 Å². The molecule has 0 N–H and O–H groups in total. The maximum atomic E-state index is 13.1. The van der Waals surface area contributed by atoms with E-state index in [9.17, 15) is 18.0 Å². The quantitative estimate of drug-likeness (QED) is 0.542. The molecular formula is C22H27NO7S. The van der Waals surface area contributed by atoms with Crippen LogP contribution in [0.4, 0.5) is 5.69 Å². The van der Waals surface area contributed by atoms with Crippen LogP contribution < -0.4 is 9.04 Å². The van der Waals surface area contributed by atoms with Crippen LogP contribution in [0.25, 0.3) is 0 Å². The van der Waals surface area contributed by atoms with Crippen molar-refractivity contribution in [1.29, 1.82) is 0 Å². The number of methoxy groups -OCH3 is 1. The predicted molar refractivity (Wildman–Crippen MR) is 116 cm³/mol. The van der Waals surface area contributed by atoms with E-state index >= 15 is 0 Å². The summed E-state index contributed by atoms with van der Waals surface area (Å²) in [4.78, 5) is 24.6. The number of hydrogen-bond acceptors (Lipinski definition) is 7. The second kappa shape index (κ2) is 10.3. The van der Waals surface area contributed by atoms with Crippen molar-refractivity contribution in [1.82, 2.24) is 0 Å². The zero-order valence-electron chi connectivity index (χ0n) is 18.2. The zero-order valence-corrected chi connectivity index (χ0v) is 19.0. The van der Waals surface area contributed by atoms with Crippen molar-refractivity contribution in [3.63, 3.8) is 0 Å². The van der Waals surface area contributed by atoms with Gasteiger partial charge in [-0.25, -0.2) is 18.0 Å². The first-order valence-corrected chi connectivity index (χ1v) is 11.2. The minimum atomic E-state index is -3.94. The molecule has 0 aliphatic carbocycles. The molecule has 2 aromatic carbocycles. The Balaban J connectivity index is 2.28. The highest BCUT2D eigenvalue weighted by Crippen LogP contribution is 2.25. The number of carbonyl (C=O) groups excluding carboxylic acids is 2. The number of carbonyl (C=O) groups is 2. The molecular weight excluding hydrogens is 422 g/mol. The average molecular weight is 450 g/mol. The third-order valence-electron chi connectivity index (χ3n) is 4.52. The Morgan fingerprint density at radius 1 is 1.06 bits per heavy atom. The Bertz CT molecular complexity index is 1020. The molecule has 2 aromatic rings. The van der Waals surface area contributed by atoms with E-state index in [0.717, 1.165) is 4.31 Å². The van der Waals surface area contributed by atoms with Gasteiger partial charge in [-0.2, -0.15) is 0 Å². The molecule has 0 bridgehead atoms. The first kappa shape index (κ1) is 24.2. The standard InChI is InChI=1S/C22H27NO7S/c1-6-29-22(25)20(15(2)3)30-21(24)16-8-7-9-19(14-16)31(26,27)23(4)17-10-12-18(28-5)13-11-17/h7-15,20H,6H2,1-5H3.